The van der Waals surface area contributed by atoms with Crippen LogP contribution in [0.3, 0.4) is 0 Å². The number of imide groups is 1. The van der Waals surface area contributed by atoms with Gasteiger partial charge in [0, 0.05) is 31.7 Å². The summed E-state index contributed by atoms with van der Waals surface area (Å²) in [7, 11) is 0. The van der Waals surface area contributed by atoms with Crippen molar-refractivity contribution < 1.29 is 33.4 Å². The van der Waals surface area contributed by atoms with Gasteiger partial charge in [0.25, 0.3) is 11.5 Å². The SMILES string of the molecule is CC(C)(C)OC(=O)N(C(=O)OC(C)(C)C)c1cnc(Cn2c(=O)n(C(C)(C)C)c(=O)c3ccccc32)cc1C(=O)N1CCN(C(=O)OCc2ccccc2)CC1. The number of hydrogen-bond donors (Lipinski definition) is 0. The lowest BCUT2D eigenvalue weighted by Crippen LogP contribution is -2.51. The van der Waals surface area contributed by atoms with Gasteiger partial charge in [0.1, 0.15) is 17.8 Å². The number of aromatic nitrogens is 3. The van der Waals surface area contributed by atoms with Crippen LogP contribution < -0.4 is 16.1 Å². The van der Waals surface area contributed by atoms with Crippen LogP contribution in [0, 0.1) is 0 Å². The summed E-state index contributed by atoms with van der Waals surface area (Å²) in [5, 5.41) is 0.316. The van der Waals surface area contributed by atoms with E-state index in [1.54, 1.807) is 86.6 Å². The first-order chi connectivity index (χ1) is 26.1. The van der Waals surface area contributed by atoms with Gasteiger partial charge in [-0.1, -0.05) is 42.5 Å². The van der Waals surface area contributed by atoms with Crippen molar-refractivity contribution in [2.75, 3.05) is 31.1 Å². The molecule has 0 bridgehead atoms. The number of amides is 4. The summed E-state index contributed by atoms with van der Waals surface area (Å²) in [6, 6.07) is 17.4. The van der Waals surface area contributed by atoms with Gasteiger partial charge in [0.15, 0.2) is 0 Å². The van der Waals surface area contributed by atoms with Crippen LogP contribution in [0.5, 0.6) is 0 Å². The fourth-order valence-electron chi connectivity index (χ4n) is 6.11. The predicted octanol–water partition coefficient (Wildman–Crippen LogP) is 6.13. The number of anilines is 1. The van der Waals surface area contributed by atoms with E-state index in [1.165, 1.54) is 31.2 Å². The van der Waals surface area contributed by atoms with Crippen LogP contribution in [-0.4, -0.2) is 85.5 Å². The third-order valence-corrected chi connectivity index (χ3v) is 8.63. The lowest BCUT2D eigenvalue weighted by Gasteiger charge is -2.35. The summed E-state index contributed by atoms with van der Waals surface area (Å²) >= 11 is 0. The van der Waals surface area contributed by atoms with Crippen molar-refractivity contribution in [2.24, 2.45) is 0 Å². The molecule has 5 rings (SSSR count). The molecule has 0 aliphatic carbocycles. The number of nitrogens with zero attached hydrogens (tertiary/aromatic N) is 6. The average molecular weight is 771 g/mol. The first-order valence-corrected chi connectivity index (χ1v) is 18.4. The van der Waals surface area contributed by atoms with Crippen LogP contribution in [-0.2, 0) is 32.9 Å². The van der Waals surface area contributed by atoms with Crippen molar-refractivity contribution in [1.82, 2.24) is 23.9 Å². The van der Waals surface area contributed by atoms with E-state index in [2.05, 4.69) is 4.98 Å². The number of hydrogen-bond acceptors (Lipinski definition) is 10. The zero-order valence-corrected chi connectivity index (χ0v) is 33.5. The van der Waals surface area contributed by atoms with Gasteiger partial charge < -0.3 is 24.0 Å². The quantitative estimate of drug-likeness (QED) is 0.209. The summed E-state index contributed by atoms with van der Waals surface area (Å²) in [4.78, 5) is 90.7. The molecule has 0 atom stereocenters. The average Bonchev–Trinajstić information content (AvgIpc) is 3.11. The molecule has 4 amide bonds. The smallest absolute Gasteiger partial charge is 0.424 e. The zero-order chi connectivity index (χ0) is 41.2. The molecule has 4 aromatic rings. The number of fused-ring (bicyclic) bond motifs is 1. The van der Waals surface area contributed by atoms with Gasteiger partial charge in [0.05, 0.1) is 40.6 Å². The van der Waals surface area contributed by atoms with E-state index < -0.39 is 52.2 Å². The minimum absolute atomic E-state index is 0.0960. The van der Waals surface area contributed by atoms with E-state index in [-0.39, 0.29) is 56.3 Å². The van der Waals surface area contributed by atoms with E-state index in [0.717, 1.165) is 5.56 Å². The van der Waals surface area contributed by atoms with Crippen LogP contribution in [0.25, 0.3) is 10.9 Å². The Kier molecular flexibility index (Phi) is 11.8. The largest absolute Gasteiger partial charge is 0.445 e. The topological polar surface area (TPSA) is 163 Å². The van der Waals surface area contributed by atoms with Crippen LogP contribution >= 0.6 is 0 Å². The minimum Gasteiger partial charge on any atom is -0.445 e. The Morgan fingerprint density at radius 1 is 0.750 bits per heavy atom. The maximum absolute atomic E-state index is 14.6. The van der Waals surface area contributed by atoms with Gasteiger partial charge in [0.2, 0.25) is 0 Å². The molecule has 0 unspecified atom stereocenters. The molecule has 1 aliphatic rings. The molecule has 0 saturated carbocycles. The van der Waals surface area contributed by atoms with Crippen molar-refractivity contribution >= 4 is 40.8 Å². The number of carbonyl (C=O) groups excluding carboxylic acids is 4. The lowest BCUT2D eigenvalue weighted by atomic mass is 10.1. The molecule has 2 aromatic carbocycles. The third kappa shape index (κ3) is 9.62. The highest BCUT2D eigenvalue weighted by Crippen LogP contribution is 2.28. The molecule has 1 aliphatic heterocycles. The molecule has 1 saturated heterocycles. The summed E-state index contributed by atoms with van der Waals surface area (Å²) < 4.78 is 19.3. The molecular weight excluding hydrogens is 720 g/mol. The zero-order valence-electron chi connectivity index (χ0n) is 33.5. The Bertz CT molecular complexity index is 2210. The Morgan fingerprint density at radius 3 is 1.88 bits per heavy atom. The fraction of sp³-hybridized carbons (Fsp3) is 0.439. The standard InChI is InChI=1S/C41H50N6O9/c1-39(2,3)47-34(49)29-17-13-14-18-31(29)45(35(47)50)25-28-23-30(32(24-42-28)46(37(52)55-40(4,5)6)38(53)56-41(7,8)9)33(48)43-19-21-44(22-20-43)36(51)54-26-27-15-11-10-12-16-27/h10-18,23-24H,19-22,25-26H2,1-9H3. The molecule has 0 spiro atoms. The lowest BCUT2D eigenvalue weighted by molar-refractivity contribution is 0.0429. The minimum atomic E-state index is -1.10. The van der Waals surface area contributed by atoms with Gasteiger partial charge in [-0.15, -0.1) is 0 Å². The van der Waals surface area contributed by atoms with Crippen LogP contribution in [0.15, 0.2) is 76.4 Å². The first-order valence-electron chi connectivity index (χ1n) is 18.4. The molecule has 3 heterocycles. The highest BCUT2D eigenvalue weighted by Gasteiger charge is 2.37. The molecule has 15 heteroatoms. The number of para-hydroxylation sites is 1. The summed E-state index contributed by atoms with van der Waals surface area (Å²) in [5.74, 6) is -0.574. The monoisotopic (exact) mass is 770 g/mol. The Balaban J connectivity index is 1.56. The molecule has 298 valence electrons. The van der Waals surface area contributed by atoms with Crippen molar-refractivity contribution in [1.29, 1.82) is 0 Å². The number of piperazine rings is 1. The molecule has 0 N–H and O–H groups in total. The van der Waals surface area contributed by atoms with E-state index in [0.29, 0.717) is 15.8 Å². The maximum Gasteiger partial charge on any atom is 0.424 e. The second-order valence-electron chi connectivity index (χ2n) is 16.5. The van der Waals surface area contributed by atoms with Gasteiger partial charge in [-0.2, -0.15) is 4.90 Å². The molecule has 2 aromatic heterocycles. The van der Waals surface area contributed by atoms with Gasteiger partial charge in [-0.3, -0.25) is 23.7 Å². The molecule has 1 fully saturated rings. The Labute approximate surface area is 325 Å². The summed E-state index contributed by atoms with van der Waals surface area (Å²) in [6.07, 6.45) is -1.52. The summed E-state index contributed by atoms with van der Waals surface area (Å²) in [6.45, 7) is 15.5. The number of pyridine rings is 1. The number of ether oxygens (including phenoxy) is 3. The number of carbonyl (C=O) groups is 4. The predicted molar refractivity (Wildman–Crippen MR) is 210 cm³/mol. The van der Waals surface area contributed by atoms with E-state index in [1.807, 2.05) is 30.3 Å². The Hall–Kier alpha value is -5.99. The van der Waals surface area contributed by atoms with Crippen LogP contribution in [0.1, 0.15) is 83.9 Å². The highest BCUT2D eigenvalue weighted by molar-refractivity contribution is 6.14. The second-order valence-corrected chi connectivity index (χ2v) is 16.5. The van der Waals surface area contributed by atoms with Crippen molar-refractivity contribution in [3.05, 3.63) is 105 Å². The van der Waals surface area contributed by atoms with E-state index in [9.17, 15) is 28.8 Å². The molecular formula is C41H50N6O9. The molecule has 15 nitrogen and oxygen atoms in total. The van der Waals surface area contributed by atoms with Crippen LogP contribution in [0.2, 0.25) is 0 Å². The normalized spacial score (nSPS) is 13.7. The third-order valence-electron chi connectivity index (χ3n) is 8.63. The number of benzene rings is 2. The van der Waals surface area contributed by atoms with E-state index in [4.69, 9.17) is 14.2 Å². The van der Waals surface area contributed by atoms with Gasteiger partial charge in [-0.05, 0) is 86.1 Å². The van der Waals surface area contributed by atoms with Gasteiger partial charge >= 0.3 is 24.0 Å². The van der Waals surface area contributed by atoms with Gasteiger partial charge in [-0.25, -0.2) is 19.2 Å². The summed E-state index contributed by atoms with van der Waals surface area (Å²) in [5.41, 5.74) is -2.84. The maximum atomic E-state index is 14.6. The fourth-order valence-corrected chi connectivity index (χ4v) is 6.11. The van der Waals surface area contributed by atoms with E-state index >= 15 is 0 Å². The van der Waals surface area contributed by atoms with Crippen molar-refractivity contribution in [2.45, 2.75) is 92.2 Å². The van der Waals surface area contributed by atoms with Crippen LogP contribution in [0.4, 0.5) is 20.1 Å². The second kappa shape index (κ2) is 16.0. The first kappa shape index (κ1) is 41.2. The Morgan fingerprint density at radius 2 is 1.30 bits per heavy atom. The molecule has 0 radical (unpaired) electrons. The van der Waals surface area contributed by atoms with Crippen molar-refractivity contribution in [3.63, 3.8) is 0 Å². The van der Waals surface area contributed by atoms with Crippen molar-refractivity contribution in [3.8, 4) is 0 Å². The number of rotatable bonds is 6. The highest BCUT2D eigenvalue weighted by atomic mass is 16.6. The molecule has 56 heavy (non-hydrogen) atoms.